The Morgan fingerprint density at radius 3 is 2.83 bits per heavy atom. The Hall–Kier alpha value is -2.11. The van der Waals surface area contributed by atoms with Crippen LogP contribution in [0.3, 0.4) is 0 Å². The van der Waals surface area contributed by atoms with Crippen LogP contribution in [0.2, 0.25) is 0 Å². The fourth-order valence-electron chi connectivity index (χ4n) is 3.46. The number of carbonyl (C=O) groups is 2. The van der Waals surface area contributed by atoms with Crippen LogP contribution in [0.25, 0.3) is 0 Å². The van der Waals surface area contributed by atoms with Crippen LogP contribution in [-0.4, -0.2) is 48.8 Å². The summed E-state index contributed by atoms with van der Waals surface area (Å²) in [4.78, 5) is 24.3. The molecule has 3 rings (SSSR count). The van der Waals surface area contributed by atoms with Gasteiger partial charge in [0.05, 0.1) is 17.3 Å². The number of sulfonamides is 1. The van der Waals surface area contributed by atoms with Gasteiger partial charge in [0, 0.05) is 13.1 Å². The van der Waals surface area contributed by atoms with E-state index >= 15 is 0 Å². The molecule has 2 N–H and O–H groups in total. The zero-order chi connectivity index (χ0) is 21.2. The van der Waals surface area contributed by atoms with Gasteiger partial charge >= 0.3 is 5.97 Å². The number of rotatable bonds is 7. The molecule has 1 aromatic rings. The molecule has 3 atom stereocenters. The zero-order valence-electron chi connectivity index (χ0n) is 16.2. The standard InChI is InChI=1S/C18H24N4O5S2/c1-3-11(2)15(18(24)25)19-17(23)12-6-5-9-22(10-12)29(26,27)14-8-4-7-13-16(14)21-28-20-13/h4,7-8,11-12,15H,3,5-6,9-10H2,1-2H3,(H,19,23)(H,24,25)/t11-,12-,15+/m0/s1. The topological polar surface area (TPSA) is 128 Å². The second kappa shape index (κ2) is 8.72. The lowest BCUT2D eigenvalue weighted by molar-refractivity contribution is -0.144. The number of carboxylic acids is 1. The van der Waals surface area contributed by atoms with E-state index in [-0.39, 0.29) is 17.4 Å². The first-order chi connectivity index (χ1) is 13.8. The molecule has 1 amide bonds. The largest absolute Gasteiger partial charge is 0.480 e. The van der Waals surface area contributed by atoms with Crippen LogP contribution < -0.4 is 5.32 Å². The molecule has 11 heteroatoms. The summed E-state index contributed by atoms with van der Waals surface area (Å²) in [6, 6.07) is 3.82. The summed E-state index contributed by atoms with van der Waals surface area (Å²) in [5.41, 5.74) is 0.840. The average Bonchev–Trinajstić information content (AvgIpc) is 3.19. The average molecular weight is 441 g/mol. The number of amides is 1. The minimum Gasteiger partial charge on any atom is -0.480 e. The Kier molecular flexibility index (Phi) is 6.49. The lowest BCUT2D eigenvalue weighted by Gasteiger charge is -2.32. The highest BCUT2D eigenvalue weighted by atomic mass is 32.2. The van der Waals surface area contributed by atoms with E-state index in [0.29, 0.717) is 37.2 Å². The molecule has 0 aromatic heterocycles. The molecule has 0 bridgehead atoms. The summed E-state index contributed by atoms with van der Waals surface area (Å²) in [6.45, 7) is 3.93. The first kappa shape index (κ1) is 21.6. The molecule has 0 spiro atoms. The minimum atomic E-state index is -3.85. The predicted octanol–water partition coefficient (Wildman–Crippen LogP) is 2.43. The van der Waals surface area contributed by atoms with Crippen molar-refractivity contribution in [3.63, 3.8) is 0 Å². The van der Waals surface area contributed by atoms with E-state index in [2.05, 4.69) is 14.0 Å². The number of benzene rings is 1. The Labute approximate surface area is 173 Å². The van der Waals surface area contributed by atoms with Crippen molar-refractivity contribution in [2.24, 2.45) is 20.6 Å². The Bertz CT molecular complexity index is 988. The summed E-state index contributed by atoms with van der Waals surface area (Å²) >= 11 is 0.947. The van der Waals surface area contributed by atoms with Gasteiger partial charge in [-0.3, -0.25) is 4.79 Å². The molecule has 0 saturated carbocycles. The molecule has 2 aliphatic heterocycles. The maximum Gasteiger partial charge on any atom is 0.326 e. The normalized spacial score (nSPS) is 21.1. The molecule has 1 saturated heterocycles. The van der Waals surface area contributed by atoms with Crippen LogP contribution in [0.5, 0.6) is 0 Å². The fourth-order valence-corrected chi connectivity index (χ4v) is 5.73. The first-order valence-corrected chi connectivity index (χ1v) is 11.7. The molecule has 2 heterocycles. The number of aliphatic carboxylic acids is 1. The molecule has 158 valence electrons. The molecular weight excluding hydrogens is 416 g/mol. The van der Waals surface area contributed by atoms with Gasteiger partial charge in [-0.25, -0.2) is 13.2 Å². The molecule has 2 aliphatic rings. The number of nitrogens with zero attached hydrogens (tertiary/aromatic N) is 3. The van der Waals surface area contributed by atoms with Gasteiger partial charge in [-0.15, -0.1) is 0 Å². The minimum absolute atomic E-state index is 0.00889. The maximum atomic E-state index is 13.2. The van der Waals surface area contributed by atoms with Gasteiger partial charge in [-0.1, -0.05) is 26.3 Å². The summed E-state index contributed by atoms with van der Waals surface area (Å²) in [7, 11) is -3.85. The van der Waals surface area contributed by atoms with E-state index in [0.717, 1.165) is 11.4 Å². The van der Waals surface area contributed by atoms with E-state index in [4.69, 9.17) is 0 Å². The van der Waals surface area contributed by atoms with Crippen LogP contribution in [0.1, 0.15) is 33.1 Å². The highest BCUT2D eigenvalue weighted by Gasteiger charge is 2.37. The summed E-state index contributed by atoms with van der Waals surface area (Å²) < 4.78 is 35.8. The summed E-state index contributed by atoms with van der Waals surface area (Å²) in [5, 5.41) is 12.0. The predicted molar refractivity (Wildman–Crippen MR) is 108 cm³/mol. The van der Waals surface area contributed by atoms with Crippen molar-refractivity contribution in [1.82, 2.24) is 9.62 Å². The van der Waals surface area contributed by atoms with Crippen LogP contribution in [0.15, 0.2) is 31.8 Å². The number of hydrogen-bond acceptors (Lipinski definition) is 6. The molecule has 0 unspecified atom stereocenters. The van der Waals surface area contributed by atoms with E-state index in [1.165, 1.54) is 10.4 Å². The zero-order valence-corrected chi connectivity index (χ0v) is 17.9. The highest BCUT2D eigenvalue weighted by Crippen LogP contribution is 2.39. The molecule has 9 nitrogen and oxygen atoms in total. The monoisotopic (exact) mass is 440 g/mol. The summed E-state index contributed by atoms with van der Waals surface area (Å²) in [5.74, 6) is -2.34. The van der Waals surface area contributed by atoms with Gasteiger partial charge in [0.15, 0.2) is 0 Å². The third-order valence-electron chi connectivity index (χ3n) is 5.40. The number of hydrogen-bond donors (Lipinski definition) is 2. The third-order valence-corrected chi connectivity index (χ3v) is 7.84. The number of fused-ring (bicyclic) bond motifs is 1. The van der Waals surface area contributed by atoms with Crippen LogP contribution in [0, 0.1) is 11.8 Å². The van der Waals surface area contributed by atoms with Crippen molar-refractivity contribution in [1.29, 1.82) is 0 Å². The smallest absolute Gasteiger partial charge is 0.326 e. The maximum absolute atomic E-state index is 13.2. The van der Waals surface area contributed by atoms with E-state index < -0.39 is 33.9 Å². The van der Waals surface area contributed by atoms with Crippen molar-refractivity contribution < 1.29 is 23.1 Å². The molecule has 29 heavy (non-hydrogen) atoms. The van der Waals surface area contributed by atoms with Crippen LogP contribution in [0.4, 0.5) is 11.4 Å². The van der Waals surface area contributed by atoms with Gasteiger partial charge in [0.25, 0.3) is 0 Å². The van der Waals surface area contributed by atoms with Gasteiger partial charge in [0.2, 0.25) is 15.9 Å². The Morgan fingerprint density at radius 1 is 1.38 bits per heavy atom. The van der Waals surface area contributed by atoms with Crippen molar-refractivity contribution in [2.75, 3.05) is 13.1 Å². The van der Waals surface area contributed by atoms with Crippen molar-refractivity contribution >= 4 is 44.6 Å². The molecular formula is C18H24N4O5S2. The molecule has 1 fully saturated rings. The van der Waals surface area contributed by atoms with E-state index in [1.807, 2.05) is 6.92 Å². The Balaban J connectivity index is 1.77. The quantitative estimate of drug-likeness (QED) is 0.683. The molecule has 0 radical (unpaired) electrons. The van der Waals surface area contributed by atoms with Crippen molar-refractivity contribution in [3.05, 3.63) is 18.2 Å². The fraction of sp³-hybridized carbons (Fsp3) is 0.556. The summed E-state index contributed by atoms with van der Waals surface area (Å²) in [6.07, 6.45) is 1.63. The number of nitrogens with one attached hydrogen (secondary N) is 1. The molecule has 0 aliphatic carbocycles. The van der Waals surface area contributed by atoms with Crippen molar-refractivity contribution in [2.45, 2.75) is 44.0 Å². The second-order valence-electron chi connectivity index (χ2n) is 7.30. The lowest BCUT2D eigenvalue weighted by atomic mass is 9.95. The lowest BCUT2D eigenvalue weighted by Crippen LogP contribution is -2.51. The number of carbonyl (C=O) groups excluding carboxylic acids is 1. The van der Waals surface area contributed by atoms with E-state index in [9.17, 15) is 23.1 Å². The van der Waals surface area contributed by atoms with Crippen molar-refractivity contribution in [3.8, 4) is 0 Å². The van der Waals surface area contributed by atoms with E-state index in [1.54, 1.807) is 19.1 Å². The number of piperidine rings is 1. The van der Waals surface area contributed by atoms with Gasteiger partial charge < -0.3 is 10.4 Å². The van der Waals surface area contributed by atoms with Gasteiger partial charge in [-0.05, 0) is 30.9 Å². The highest BCUT2D eigenvalue weighted by molar-refractivity contribution is 7.89. The Morgan fingerprint density at radius 2 is 2.14 bits per heavy atom. The van der Waals surface area contributed by atoms with Crippen LogP contribution >= 0.6 is 0 Å². The van der Waals surface area contributed by atoms with Gasteiger partial charge in [-0.2, -0.15) is 13.0 Å². The van der Waals surface area contributed by atoms with Crippen LogP contribution in [-0.2, 0) is 31.0 Å². The SMILES string of the molecule is CC[C@H](C)[C@@H](NC(=O)[C@H]1CCCN(S(=O)(=O)c2cccc3c2N=S=N3)C1)C(=O)O. The third kappa shape index (κ3) is 4.41. The second-order valence-corrected chi connectivity index (χ2v) is 9.74. The number of carboxylic acid groups (broad SMARTS) is 1. The van der Waals surface area contributed by atoms with Gasteiger partial charge in [0.1, 0.15) is 22.3 Å². The first-order valence-electron chi connectivity index (χ1n) is 9.50. The molecule has 1 aromatic carbocycles.